The van der Waals surface area contributed by atoms with Gasteiger partial charge in [0.15, 0.2) is 0 Å². The van der Waals surface area contributed by atoms with Crippen LogP contribution in [0.2, 0.25) is 0 Å². The third-order valence-corrected chi connectivity index (χ3v) is 4.82. The van der Waals surface area contributed by atoms with Gasteiger partial charge in [-0.3, -0.25) is 0 Å². The number of hydrogen-bond acceptors (Lipinski definition) is 2. The highest BCUT2D eigenvalue weighted by Crippen LogP contribution is 2.39. The molecular formula is C11H21NS. The highest BCUT2D eigenvalue weighted by atomic mass is 32.2. The first-order chi connectivity index (χ1) is 6.31. The predicted molar refractivity (Wildman–Crippen MR) is 60.3 cm³/mol. The van der Waals surface area contributed by atoms with E-state index in [1.165, 1.54) is 31.4 Å². The largest absolute Gasteiger partial charge is 0.310 e. The van der Waals surface area contributed by atoms with E-state index < -0.39 is 0 Å². The van der Waals surface area contributed by atoms with Gasteiger partial charge in [-0.05, 0) is 44.3 Å². The molecule has 1 aliphatic heterocycles. The van der Waals surface area contributed by atoms with Crippen molar-refractivity contribution >= 4 is 11.8 Å². The molecule has 2 heteroatoms. The molecule has 0 bridgehead atoms. The fourth-order valence-corrected chi connectivity index (χ4v) is 3.82. The molecule has 1 aliphatic carbocycles. The summed E-state index contributed by atoms with van der Waals surface area (Å²) in [4.78, 5) is 0. The van der Waals surface area contributed by atoms with Crippen LogP contribution in [-0.2, 0) is 0 Å². The first-order valence-corrected chi connectivity index (χ1v) is 6.73. The van der Waals surface area contributed by atoms with E-state index >= 15 is 0 Å². The molecule has 0 aromatic rings. The maximum absolute atomic E-state index is 3.82. The summed E-state index contributed by atoms with van der Waals surface area (Å²) in [7, 11) is 0. The van der Waals surface area contributed by atoms with Gasteiger partial charge in [-0.25, -0.2) is 0 Å². The molecule has 1 saturated carbocycles. The molecule has 0 radical (unpaired) electrons. The lowest BCUT2D eigenvalue weighted by Gasteiger charge is -2.25. The molecular weight excluding hydrogens is 178 g/mol. The van der Waals surface area contributed by atoms with Crippen LogP contribution in [0.3, 0.4) is 0 Å². The molecule has 1 saturated heterocycles. The van der Waals surface area contributed by atoms with Gasteiger partial charge in [0, 0.05) is 17.3 Å². The molecule has 1 heterocycles. The molecule has 0 aromatic carbocycles. The average Bonchev–Trinajstić information content (AvgIpc) is 2.89. The van der Waals surface area contributed by atoms with Gasteiger partial charge in [0.25, 0.3) is 0 Å². The normalized spacial score (nSPS) is 41.5. The quantitative estimate of drug-likeness (QED) is 0.734. The van der Waals surface area contributed by atoms with Crippen molar-refractivity contribution in [3.63, 3.8) is 0 Å². The molecule has 2 aliphatic rings. The first kappa shape index (κ1) is 9.85. The van der Waals surface area contributed by atoms with Crippen LogP contribution in [0.15, 0.2) is 0 Å². The molecule has 3 atom stereocenters. The number of nitrogens with one attached hydrogen (secondary N) is 1. The van der Waals surface area contributed by atoms with Crippen molar-refractivity contribution in [1.29, 1.82) is 0 Å². The average molecular weight is 199 g/mol. The Bertz CT molecular complexity index is 167. The van der Waals surface area contributed by atoms with Gasteiger partial charge in [-0.2, -0.15) is 11.8 Å². The van der Waals surface area contributed by atoms with E-state index in [1.54, 1.807) is 0 Å². The lowest BCUT2D eigenvalue weighted by molar-refractivity contribution is 0.397. The molecule has 2 fully saturated rings. The summed E-state index contributed by atoms with van der Waals surface area (Å²) >= 11 is 2.20. The number of rotatable bonds is 2. The Morgan fingerprint density at radius 1 is 1.31 bits per heavy atom. The summed E-state index contributed by atoms with van der Waals surface area (Å²) in [5, 5.41) is 4.71. The Kier molecular flexibility index (Phi) is 3.20. The summed E-state index contributed by atoms with van der Waals surface area (Å²) in [6, 6.07) is 1.57. The van der Waals surface area contributed by atoms with Gasteiger partial charge in [-0.15, -0.1) is 0 Å². The van der Waals surface area contributed by atoms with Crippen molar-refractivity contribution in [2.75, 3.05) is 5.75 Å². The van der Waals surface area contributed by atoms with Gasteiger partial charge in [0.2, 0.25) is 0 Å². The summed E-state index contributed by atoms with van der Waals surface area (Å²) in [6.07, 6.45) is 5.64. The summed E-state index contributed by atoms with van der Waals surface area (Å²) in [6.45, 7) is 4.68. The van der Waals surface area contributed by atoms with Crippen molar-refractivity contribution in [1.82, 2.24) is 5.32 Å². The minimum atomic E-state index is 0.745. The van der Waals surface area contributed by atoms with E-state index in [4.69, 9.17) is 0 Å². The van der Waals surface area contributed by atoms with Gasteiger partial charge in [0.1, 0.15) is 0 Å². The van der Waals surface area contributed by atoms with Crippen molar-refractivity contribution in [2.45, 2.75) is 56.9 Å². The van der Waals surface area contributed by atoms with Crippen LogP contribution in [0.5, 0.6) is 0 Å². The SMILES string of the molecule is CCC1SCCC(C)NC1C1CC1. The van der Waals surface area contributed by atoms with Crippen LogP contribution in [0.1, 0.15) is 39.5 Å². The van der Waals surface area contributed by atoms with Gasteiger partial charge in [0.05, 0.1) is 0 Å². The molecule has 76 valence electrons. The zero-order chi connectivity index (χ0) is 9.26. The second-order valence-electron chi connectivity index (χ2n) is 4.54. The van der Waals surface area contributed by atoms with Crippen LogP contribution < -0.4 is 5.32 Å². The first-order valence-electron chi connectivity index (χ1n) is 5.69. The Morgan fingerprint density at radius 2 is 2.08 bits per heavy atom. The second-order valence-corrected chi connectivity index (χ2v) is 5.88. The Labute approximate surface area is 86.0 Å². The molecule has 13 heavy (non-hydrogen) atoms. The Morgan fingerprint density at radius 3 is 2.69 bits per heavy atom. The summed E-state index contributed by atoms with van der Waals surface area (Å²) in [5.41, 5.74) is 0. The summed E-state index contributed by atoms with van der Waals surface area (Å²) < 4.78 is 0. The fourth-order valence-electron chi connectivity index (χ4n) is 2.29. The maximum atomic E-state index is 3.82. The smallest absolute Gasteiger partial charge is 0.0217 e. The third-order valence-electron chi connectivity index (χ3n) is 3.29. The molecule has 0 amide bonds. The topological polar surface area (TPSA) is 12.0 Å². The molecule has 1 nitrogen and oxygen atoms in total. The van der Waals surface area contributed by atoms with E-state index in [9.17, 15) is 0 Å². The lowest BCUT2D eigenvalue weighted by Crippen LogP contribution is -2.42. The standard InChI is InChI=1S/C11H21NS/c1-3-10-11(9-4-5-9)12-8(2)6-7-13-10/h8-12H,3-7H2,1-2H3. The van der Waals surface area contributed by atoms with E-state index in [0.717, 1.165) is 23.3 Å². The minimum absolute atomic E-state index is 0.745. The van der Waals surface area contributed by atoms with Gasteiger partial charge >= 0.3 is 0 Å². The minimum Gasteiger partial charge on any atom is -0.310 e. The van der Waals surface area contributed by atoms with Crippen LogP contribution in [0, 0.1) is 5.92 Å². The van der Waals surface area contributed by atoms with E-state index in [1.807, 2.05) is 0 Å². The Hall–Kier alpha value is 0.310. The zero-order valence-electron chi connectivity index (χ0n) is 8.75. The van der Waals surface area contributed by atoms with Crippen molar-refractivity contribution in [3.8, 4) is 0 Å². The van der Waals surface area contributed by atoms with Crippen LogP contribution in [-0.4, -0.2) is 23.1 Å². The van der Waals surface area contributed by atoms with Gasteiger partial charge in [-0.1, -0.05) is 6.92 Å². The molecule has 0 aromatic heterocycles. The maximum Gasteiger partial charge on any atom is 0.0217 e. The van der Waals surface area contributed by atoms with Crippen molar-refractivity contribution in [3.05, 3.63) is 0 Å². The highest BCUT2D eigenvalue weighted by Gasteiger charge is 2.37. The van der Waals surface area contributed by atoms with Crippen LogP contribution >= 0.6 is 11.8 Å². The monoisotopic (exact) mass is 199 g/mol. The predicted octanol–water partition coefficient (Wildman–Crippen LogP) is 2.66. The lowest BCUT2D eigenvalue weighted by atomic mass is 10.1. The number of thioether (sulfide) groups is 1. The van der Waals surface area contributed by atoms with Gasteiger partial charge < -0.3 is 5.32 Å². The zero-order valence-corrected chi connectivity index (χ0v) is 9.57. The fraction of sp³-hybridized carbons (Fsp3) is 1.00. The number of hydrogen-bond donors (Lipinski definition) is 1. The molecule has 3 unspecified atom stereocenters. The van der Waals surface area contributed by atoms with E-state index in [-0.39, 0.29) is 0 Å². The van der Waals surface area contributed by atoms with Crippen LogP contribution in [0.25, 0.3) is 0 Å². The molecule has 2 rings (SSSR count). The second kappa shape index (κ2) is 4.22. The summed E-state index contributed by atoms with van der Waals surface area (Å²) in [5.74, 6) is 2.37. The molecule has 0 spiro atoms. The third kappa shape index (κ3) is 2.41. The van der Waals surface area contributed by atoms with Crippen LogP contribution in [0.4, 0.5) is 0 Å². The Balaban J connectivity index is 1.98. The van der Waals surface area contributed by atoms with Crippen molar-refractivity contribution in [2.24, 2.45) is 5.92 Å². The van der Waals surface area contributed by atoms with E-state index in [0.29, 0.717) is 0 Å². The highest BCUT2D eigenvalue weighted by molar-refractivity contribution is 7.99. The molecule has 1 N–H and O–H groups in total. The van der Waals surface area contributed by atoms with E-state index in [2.05, 4.69) is 30.9 Å². The van der Waals surface area contributed by atoms with Crippen molar-refractivity contribution < 1.29 is 0 Å².